The largest absolute Gasteiger partial charge is 0.496 e. The Morgan fingerprint density at radius 1 is 1.41 bits per heavy atom. The lowest BCUT2D eigenvalue weighted by Gasteiger charge is -2.04. The fourth-order valence-corrected chi connectivity index (χ4v) is 2.12. The summed E-state index contributed by atoms with van der Waals surface area (Å²) in [6, 6.07) is 5.77. The molecule has 0 N–H and O–H groups in total. The van der Waals surface area contributed by atoms with Crippen LogP contribution in [0.1, 0.15) is 17.5 Å². The molecule has 0 heterocycles. The van der Waals surface area contributed by atoms with Crippen molar-refractivity contribution in [2.75, 3.05) is 12.9 Å². The first-order valence-electron chi connectivity index (χ1n) is 5.16. The lowest BCUT2D eigenvalue weighted by Crippen LogP contribution is -1.94. The summed E-state index contributed by atoms with van der Waals surface area (Å²) in [6.07, 6.45) is 4.08. The van der Waals surface area contributed by atoms with Gasteiger partial charge in [0.25, 0.3) is 0 Å². The van der Waals surface area contributed by atoms with Gasteiger partial charge in [0, 0.05) is 10.7 Å². The summed E-state index contributed by atoms with van der Waals surface area (Å²) in [6.45, 7) is 1.96. The average molecular weight is 275 g/mol. The van der Waals surface area contributed by atoms with Crippen molar-refractivity contribution in [2.45, 2.75) is 13.3 Å². The van der Waals surface area contributed by atoms with Gasteiger partial charge in [0.15, 0.2) is 0 Å². The first kappa shape index (κ1) is 14.1. The van der Waals surface area contributed by atoms with Gasteiger partial charge in [-0.3, -0.25) is 0 Å². The Morgan fingerprint density at radius 2 is 2.12 bits per heavy atom. The minimum atomic E-state index is -3.40. The predicted octanol–water partition coefficient (Wildman–Crippen LogP) is 2.98. The highest BCUT2D eigenvalue weighted by atomic mass is 35.7. The highest BCUT2D eigenvalue weighted by Crippen LogP contribution is 2.19. The number of benzene rings is 1. The van der Waals surface area contributed by atoms with Crippen LogP contribution in [-0.2, 0) is 9.05 Å². The van der Waals surface area contributed by atoms with Crippen molar-refractivity contribution in [3.05, 3.63) is 35.4 Å². The number of methoxy groups -OCH3 is 1. The Bertz CT molecular complexity index is 506. The highest BCUT2D eigenvalue weighted by Gasteiger charge is 2.02. The Kier molecular flexibility index (Phi) is 5.02. The molecular weight excluding hydrogens is 260 g/mol. The number of halogens is 1. The van der Waals surface area contributed by atoms with Crippen LogP contribution in [0.4, 0.5) is 0 Å². The van der Waals surface area contributed by atoms with Crippen molar-refractivity contribution in [3.8, 4) is 5.75 Å². The summed E-state index contributed by atoms with van der Waals surface area (Å²) < 4.78 is 26.5. The second kappa shape index (κ2) is 6.07. The van der Waals surface area contributed by atoms with Crippen molar-refractivity contribution in [2.24, 2.45) is 0 Å². The summed E-state index contributed by atoms with van der Waals surface area (Å²) in [5, 5.41) is 0. The van der Waals surface area contributed by atoms with Gasteiger partial charge in [0.05, 0.1) is 12.9 Å². The van der Waals surface area contributed by atoms with Crippen molar-refractivity contribution < 1.29 is 13.2 Å². The number of hydrogen-bond acceptors (Lipinski definition) is 3. The van der Waals surface area contributed by atoms with E-state index in [9.17, 15) is 8.42 Å². The zero-order chi connectivity index (χ0) is 12.9. The summed E-state index contributed by atoms with van der Waals surface area (Å²) in [4.78, 5) is 0. The zero-order valence-corrected chi connectivity index (χ0v) is 11.4. The van der Waals surface area contributed by atoms with Gasteiger partial charge < -0.3 is 4.74 Å². The fraction of sp³-hybridized carbons (Fsp3) is 0.333. The molecule has 1 aromatic rings. The number of aryl methyl sites for hydroxylation is 1. The first-order valence-corrected chi connectivity index (χ1v) is 7.64. The van der Waals surface area contributed by atoms with Crippen LogP contribution in [-0.4, -0.2) is 21.3 Å². The molecule has 1 rings (SSSR count). The standard InChI is InChI=1S/C12H15ClO3S/c1-10-9-11(6-7-12(10)16-2)5-3-4-8-17(13,14)15/h3,5-7,9H,4,8H2,1-2H3/b5-3+. The summed E-state index contributed by atoms with van der Waals surface area (Å²) in [5.41, 5.74) is 2.05. The van der Waals surface area contributed by atoms with Crippen molar-refractivity contribution in [1.82, 2.24) is 0 Å². The normalized spacial score (nSPS) is 11.9. The van der Waals surface area contributed by atoms with Crippen LogP contribution in [0.15, 0.2) is 24.3 Å². The van der Waals surface area contributed by atoms with Crippen LogP contribution in [0.2, 0.25) is 0 Å². The Hall–Kier alpha value is -1.00. The molecule has 0 aliphatic carbocycles. The van der Waals surface area contributed by atoms with E-state index < -0.39 is 9.05 Å². The third-order valence-electron chi connectivity index (χ3n) is 2.26. The molecule has 17 heavy (non-hydrogen) atoms. The van der Waals surface area contributed by atoms with Crippen LogP contribution < -0.4 is 4.74 Å². The van der Waals surface area contributed by atoms with E-state index in [1.165, 1.54) is 0 Å². The van der Waals surface area contributed by atoms with Crippen LogP contribution in [0.25, 0.3) is 6.08 Å². The minimum Gasteiger partial charge on any atom is -0.496 e. The van der Waals surface area contributed by atoms with E-state index >= 15 is 0 Å². The number of rotatable bonds is 5. The van der Waals surface area contributed by atoms with E-state index in [2.05, 4.69) is 0 Å². The number of allylic oxidation sites excluding steroid dienone is 1. The summed E-state index contributed by atoms with van der Waals surface area (Å²) in [7, 11) is 3.33. The molecule has 0 atom stereocenters. The molecule has 0 unspecified atom stereocenters. The SMILES string of the molecule is COc1ccc(/C=C/CCS(=O)(=O)Cl)cc1C. The van der Waals surface area contributed by atoms with Crippen LogP contribution >= 0.6 is 10.7 Å². The molecule has 0 aliphatic rings. The van der Waals surface area contributed by atoms with Crippen LogP contribution in [0, 0.1) is 6.92 Å². The maximum Gasteiger partial charge on any atom is 0.232 e. The average Bonchev–Trinajstić information content (AvgIpc) is 2.23. The monoisotopic (exact) mass is 274 g/mol. The van der Waals surface area contributed by atoms with Gasteiger partial charge in [0.1, 0.15) is 5.75 Å². The molecule has 0 aromatic heterocycles. The van der Waals surface area contributed by atoms with Gasteiger partial charge in [-0.05, 0) is 36.6 Å². The molecule has 0 amide bonds. The van der Waals surface area contributed by atoms with Gasteiger partial charge in [-0.2, -0.15) is 0 Å². The molecular formula is C12H15ClO3S. The molecule has 3 nitrogen and oxygen atoms in total. The minimum absolute atomic E-state index is 0.0415. The van der Waals surface area contributed by atoms with Gasteiger partial charge in [-0.1, -0.05) is 18.2 Å². The lowest BCUT2D eigenvalue weighted by molar-refractivity contribution is 0.411. The fourth-order valence-electron chi connectivity index (χ4n) is 1.43. The molecule has 5 heteroatoms. The smallest absolute Gasteiger partial charge is 0.232 e. The van der Waals surface area contributed by atoms with Crippen LogP contribution in [0.3, 0.4) is 0 Å². The number of ether oxygens (including phenoxy) is 1. The van der Waals surface area contributed by atoms with E-state index in [1.54, 1.807) is 13.2 Å². The Morgan fingerprint density at radius 3 is 2.65 bits per heavy atom. The molecule has 94 valence electrons. The molecule has 0 spiro atoms. The van der Waals surface area contributed by atoms with Crippen molar-refractivity contribution in [3.63, 3.8) is 0 Å². The van der Waals surface area contributed by atoms with E-state index in [4.69, 9.17) is 15.4 Å². The zero-order valence-electron chi connectivity index (χ0n) is 9.81. The highest BCUT2D eigenvalue weighted by molar-refractivity contribution is 8.13. The Labute approximate surface area is 106 Å². The van der Waals surface area contributed by atoms with E-state index in [0.29, 0.717) is 6.42 Å². The van der Waals surface area contributed by atoms with E-state index in [1.807, 2.05) is 31.2 Å². The molecule has 0 radical (unpaired) electrons. The third kappa shape index (κ3) is 5.24. The quantitative estimate of drug-likeness (QED) is 0.776. The maximum absolute atomic E-state index is 10.7. The molecule has 1 aromatic carbocycles. The second-order valence-corrected chi connectivity index (χ2v) is 6.56. The first-order chi connectivity index (χ1) is 7.92. The molecule has 0 fully saturated rings. The van der Waals surface area contributed by atoms with E-state index in [0.717, 1.165) is 16.9 Å². The van der Waals surface area contributed by atoms with Gasteiger partial charge in [-0.25, -0.2) is 8.42 Å². The van der Waals surface area contributed by atoms with Gasteiger partial charge in [0.2, 0.25) is 9.05 Å². The van der Waals surface area contributed by atoms with E-state index in [-0.39, 0.29) is 5.75 Å². The van der Waals surface area contributed by atoms with Gasteiger partial charge in [-0.15, -0.1) is 0 Å². The van der Waals surface area contributed by atoms with Crippen molar-refractivity contribution >= 4 is 25.8 Å². The molecule has 0 bridgehead atoms. The Balaban J connectivity index is 2.63. The lowest BCUT2D eigenvalue weighted by atomic mass is 10.1. The molecule has 0 aliphatic heterocycles. The van der Waals surface area contributed by atoms with Crippen molar-refractivity contribution in [1.29, 1.82) is 0 Å². The second-order valence-electron chi connectivity index (χ2n) is 3.66. The van der Waals surface area contributed by atoms with Gasteiger partial charge >= 0.3 is 0 Å². The molecule has 0 saturated heterocycles. The molecule has 0 saturated carbocycles. The van der Waals surface area contributed by atoms with Crippen LogP contribution in [0.5, 0.6) is 5.75 Å². The maximum atomic E-state index is 10.7. The predicted molar refractivity (Wildman–Crippen MR) is 71.0 cm³/mol. The summed E-state index contributed by atoms with van der Waals surface area (Å²) >= 11 is 0. The topological polar surface area (TPSA) is 43.4 Å². The number of hydrogen-bond donors (Lipinski definition) is 0. The summed E-state index contributed by atoms with van der Waals surface area (Å²) in [5.74, 6) is 0.797. The third-order valence-corrected chi connectivity index (χ3v) is 3.44.